The van der Waals surface area contributed by atoms with E-state index in [0.717, 1.165) is 89.9 Å². The Morgan fingerprint density at radius 1 is 0.469 bits per heavy atom. The second-order valence-corrected chi connectivity index (χ2v) is 13.1. The molecule has 0 bridgehead atoms. The van der Waals surface area contributed by atoms with E-state index in [9.17, 15) is 9.59 Å². The summed E-state index contributed by atoms with van der Waals surface area (Å²) >= 11 is 0. The highest BCUT2D eigenvalue weighted by molar-refractivity contribution is 5.89. The molecule has 272 valence electrons. The third kappa shape index (κ3) is 29.0. The highest BCUT2D eigenvalue weighted by atomic mass is 16.5. The number of allylic oxidation sites excluding steroid dienone is 14. The molecule has 0 amide bonds. The molecule has 4 nitrogen and oxygen atoms in total. The third-order valence-corrected chi connectivity index (χ3v) is 7.66. The van der Waals surface area contributed by atoms with Crippen molar-refractivity contribution in [1.82, 2.24) is 0 Å². The normalized spacial score (nSPS) is 12.7. The van der Waals surface area contributed by atoms with Crippen molar-refractivity contribution < 1.29 is 19.1 Å². The highest BCUT2D eigenvalue weighted by Gasteiger charge is 2.24. The van der Waals surface area contributed by atoms with E-state index in [2.05, 4.69) is 74.9 Å². The van der Waals surface area contributed by atoms with Crippen molar-refractivity contribution in [2.75, 3.05) is 13.2 Å². The molecule has 0 aromatic heterocycles. The van der Waals surface area contributed by atoms with Gasteiger partial charge in [0, 0.05) is 16.6 Å². The van der Waals surface area contributed by atoms with Crippen LogP contribution in [0.3, 0.4) is 0 Å². The predicted octanol–water partition coefficient (Wildman–Crippen LogP) is 12.9. The number of hydrogen-bond acceptors (Lipinski definition) is 4. The Hall–Kier alpha value is -3.66. The SMILES string of the molecule is C=CCCCC=CCC=C(CCC=CCCCC=C)C(=O)OCC(C)(C)COC(=O)C(=CCC=CCCCC=C)CCC=CCCCC=C. The van der Waals surface area contributed by atoms with Gasteiger partial charge < -0.3 is 9.47 Å². The van der Waals surface area contributed by atoms with Crippen LogP contribution in [0.5, 0.6) is 0 Å². The number of unbranched alkanes of at least 4 members (excludes halogenated alkanes) is 8. The van der Waals surface area contributed by atoms with Gasteiger partial charge in [0.15, 0.2) is 0 Å². The van der Waals surface area contributed by atoms with E-state index in [4.69, 9.17) is 9.47 Å². The smallest absolute Gasteiger partial charge is 0.333 e. The summed E-state index contributed by atoms with van der Waals surface area (Å²) in [7, 11) is 0. The molecule has 0 spiro atoms. The molecule has 0 fully saturated rings. The Morgan fingerprint density at radius 2 is 0.776 bits per heavy atom. The van der Waals surface area contributed by atoms with Gasteiger partial charge in [0.1, 0.15) is 0 Å². The summed E-state index contributed by atoms with van der Waals surface area (Å²) in [5, 5.41) is 0. The zero-order valence-corrected chi connectivity index (χ0v) is 31.2. The van der Waals surface area contributed by atoms with Crippen LogP contribution in [-0.4, -0.2) is 25.2 Å². The molecule has 0 saturated heterocycles. The first kappa shape index (κ1) is 45.3. The Balaban J connectivity index is 5.26. The van der Waals surface area contributed by atoms with Gasteiger partial charge in [-0.05, 0) is 116 Å². The van der Waals surface area contributed by atoms with Crippen LogP contribution in [0.25, 0.3) is 0 Å². The molecule has 4 heteroatoms. The summed E-state index contributed by atoms with van der Waals surface area (Å²) in [6, 6.07) is 0. The first-order valence-electron chi connectivity index (χ1n) is 18.6. The van der Waals surface area contributed by atoms with Crippen molar-refractivity contribution in [2.24, 2.45) is 5.41 Å². The number of hydrogen-bond donors (Lipinski definition) is 0. The minimum Gasteiger partial charge on any atom is -0.462 e. The first-order valence-corrected chi connectivity index (χ1v) is 18.6. The molecule has 0 radical (unpaired) electrons. The monoisotopic (exact) mass is 673 g/mol. The van der Waals surface area contributed by atoms with E-state index in [1.165, 1.54) is 0 Å². The quantitative estimate of drug-likeness (QED) is 0.0309. The zero-order valence-electron chi connectivity index (χ0n) is 31.2. The molecule has 0 aliphatic rings. The predicted molar refractivity (Wildman–Crippen MR) is 212 cm³/mol. The van der Waals surface area contributed by atoms with Crippen LogP contribution < -0.4 is 0 Å². The van der Waals surface area contributed by atoms with Gasteiger partial charge in [0.25, 0.3) is 0 Å². The standard InChI is InChI=1S/C45H68O4/c1-7-11-15-19-23-27-31-35-41(36-32-28-24-20-16-12-8-2)43(46)48-39-45(5,6)40-49-44(47)42(37-33-29-25-21-17-13-9-3)38-34-30-26-22-18-14-10-4/h7-10,23-30,35,37H,1-4,11-22,31-34,36,38-40H2,5-6H3. The van der Waals surface area contributed by atoms with E-state index in [0.29, 0.717) is 36.8 Å². The van der Waals surface area contributed by atoms with Crippen molar-refractivity contribution in [1.29, 1.82) is 0 Å². The molecule has 0 aromatic rings. The molecule has 49 heavy (non-hydrogen) atoms. The Labute approximate surface area is 300 Å². The maximum absolute atomic E-state index is 13.2. The average molecular weight is 673 g/mol. The van der Waals surface area contributed by atoms with Crippen LogP contribution in [0.4, 0.5) is 0 Å². The molecule has 0 heterocycles. The van der Waals surface area contributed by atoms with Gasteiger partial charge >= 0.3 is 11.9 Å². The Morgan fingerprint density at radius 3 is 1.10 bits per heavy atom. The van der Waals surface area contributed by atoms with Gasteiger partial charge in [-0.3, -0.25) is 0 Å². The molecule has 0 rings (SSSR count). The topological polar surface area (TPSA) is 52.6 Å². The largest absolute Gasteiger partial charge is 0.462 e. The molecule has 0 atom stereocenters. The second kappa shape index (κ2) is 32.9. The number of rotatable bonds is 32. The summed E-state index contributed by atoms with van der Waals surface area (Å²) in [5.74, 6) is -0.611. The van der Waals surface area contributed by atoms with Crippen LogP contribution in [0.15, 0.2) is 123 Å². The van der Waals surface area contributed by atoms with Crippen LogP contribution in [0.2, 0.25) is 0 Å². The van der Waals surface area contributed by atoms with Gasteiger partial charge in [0.05, 0.1) is 13.2 Å². The summed E-state index contributed by atoms with van der Waals surface area (Å²) < 4.78 is 11.6. The first-order chi connectivity index (χ1) is 23.8. The van der Waals surface area contributed by atoms with Gasteiger partial charge in [-0.1, -0.05) is 98.9 Å². The van der Waals surface area contributed by atoms with Crippen LogP contribution in [0.1, 0.15) is 129 Å². The van der Waals surface area contributed by atoms with E-state index < -0.39 is 5.41 Å². The minimum absolute atomic E-state index is 0.158. The molecule has 0 N–H and O–H groups in total. The average Bonchev–Trinajstić information content (AvgIpc) is 3.09. The van der Waals surface area contributed by atoms with Crippen molar-refractivity contribution in [3.8, 4) is 0 Å². The highest BCUT2D eigenvalue weighted by Crippen LogP contribution is 2.20. The summed E-state index contributed by atoms with van der Waals surface area (Å²) in [4.78, 5) is 26.4. The lowest BCUT2D eigenvalue weighted by molar-refractivity contribution is -0.148. The zero-order chi connectivity index (χ0) is 36.3. The third-order valence-electron chi connectivity index (χ3n) is 7.66. The number of esters is 2. The van der Waals surface area contributed by atoms with E-state index >= 15 is 0 Å². The Kier molecular flexibility index (Phi) is 30.4. The molecule has 0 unspecified atom stereocenters. The Bertz CT molecular complexity index is 1020. The van der Waals surface area contributed by atoms with Gasteiger partial charge in [-0.25, -0.2) is 9.59 Å². The lowest BCUT2D eigenvalue weighted by Gasteiger charge is -2.24. The summed E-state index contributed by atoms with van der Waals surface area (Å²) in [5.41, 5.74) is 0.826. The van der Waals surface area contributed by atoms with Crippen molar-refractivity contribution in [2.45, 2.75) is 129 Å². The van der Waals surface area contributed by atoms with Gasteiger partial charge in [-0.15, -0.1) is 26.3 Å². The number of ether oxygens (including phenoxy) is 2. The van der Waals surface area contributed by atoms with Crippen LogP contribution in [-0.2, 0) is 19.1 Å². The maximum atomic E-state index is 13.2. The molecule has 0 saturated carbocycles. The van der Waals surface area contributed by atoms with Gasteiger partial charge in [-0.2, -0.15) is 0 Å². The van der Waals surface area contributed by atoms with Crippen LogP contribution >= 0.6 is 0 Å². The molecular formula is C45H68O4. The van der Waals surface area contributed by atoms with E-state index in [-0.39, 0.29) is 25.2 Å². The molecule has 0 aliphatic carbocycles. The molecule has 0 aromatic carbocycles. The maximum Gasteiger partial charge on any atom is 0.333 e. The fraction of sp³-hybridized carbons (Fsp3) is 0.511. The fourth-order valence-electron chi connectivity index (χ4n) is 4.64. The second-order valence-electron chi connectivity index (χ2n) is 13.1. The number of carbonyl (C=O) groups excluding carboxylic acids is 2. The fourth-order valence-corrected chi connectivity index (χ4v) is 4.64. The summed E-state index contributed by atoms with van der Waals surface area (Å²) in [6.45, 7) is 19.3. The lowest BCUT2D eigenvalue weighted by atomic mass is 9.96. The summed E-state index contributed by atoms with van der Waals surface area (Å²) in [6.07, 6.45) is 45.4. The van der Waals surface area contributed by atoms with E-state index in [1.54, 1.807) is 0 Å². The van der Waals surface area contributed by atoms with Crippen molar-refractivity contribution in [3.05, 3.63) is 123 Å². The minimum atomic E-state index is -0.534. The molecule has 0 aliphatic heterocycles. The lowest BCUT2D eigenvalue weighted by Crippen LogP contribution is -2.29. The number of carbonyl (C=O) groups is 2. The van der Waals surface area contributed by atoms with Crippen molar-refractivity contribution in [3.63, 3.8) is 0 Å². The van der Waals surface area contributed by atoms with Crippen molar-refractivity contribution >= 4 is 11.9 Å². The van der Waals surface area contributed by atoms with E-state index in [1.807, 2.05) is 50.3 Å². The van der Waals surface area contributed by atoms with Crippen LogP contribution in [0, 0.1) is 5.41 Å². The molecular weight excluding hydrogens is 604 g/mol. The van der Waals surface area contributed by atoms with Gasteiger partial charge in [0.2, 0.25) is 0 Å².